The Bertz CT molecular complexity index is 1390. The van der Waals surface area contributed by atoms with E-state index in [4.69, 9.17) is 11.1 Å². The van der Waals surface area contributed by atoms with Gasteiger partial charge in [0.05, 0.1) is 12.1 Å². The number of carbonyl (C=O) groups is 2. The quantitative estimate of drug-likeness (QED) is 0.233. The molecule has 1 amide bonds. The number of aromatic carboxylic acids is 1. The molecule has 1 heterocycles. The lowest BCUT2D eigenvalue weighted by atomic mass is 10.0. The van der Waals surface area contributed by atoms with Crippen molar-refractivity contribution in [1.29, 1.82) is 5.41 Å². The summed E-state index contributed by atoms with van der Waals surface area (Å²) in [5.41, 5.74) is 10.8. The molecule has 8 heteroatoms. The number of hydrogen-bond acceptors (Lipinski definition) is 4. The molecule has 196 valence electrons. The molecule has 0 saturated carbocycles. The second kappa shape index (κ2) is 12.8. The lowest BCUT2D eigenvalue weighted by Gasteiger charge is -2.23. The van der Waals surface area contributed by atoms with Gasteiger partial charge in [0.1, 0.15) is 5.84 Å². The molecule has 1 fully saturated rings. The van der Waals surface area contributed by atoms with Crippen molar-refractivity contribution in [3.8, 4) is 11.8 Å². The summed E-state index contributed by atoms with van der Waals surface area (Å²) in [6, 6.07) is 19.8. The second-order valence-electron chi connectivity index (χ2n) is 9.15. The molecule has 38 heavy (non-hydrogen) atoms. The van der Waals surface area contributed by atoms with Gasteiger partial charge in [-0.15, -0.1) is 12.4 Å². The maximum Gasteiger partial charge on any atom is 0.335 e. The van der Waals surface area contributed by atoms with Crippen LogP contribution in [-0.2, 0) is 6.54 Å². The van der Waals surface area contributed by atoms with Crippen molar-refractivity contribution in [2.45, 2.75) is 26.3 Å². The number of carboxylic acids is 1. The van der Waals surface area contributed by atoms with E-state index in [0.717, 1.165) is 53.9 Å². The highest BCUT2D eigenvalue weighted by Gasteiger charge is 2.20. The van der Waals surface area contributed by atoms with Crippen molar-refractivity contribution in [3.05, 3.63) is 100 Å². The minimum Gasteiger partial charge on any atom is -0.478 e. The molecule has 0 atom stereocenters. The molecular formula is C30H31ClN4O3. The van der Waals surface area contributed by atoms with Gasteiger partial charge < -0.3 is 20.6 Å². The molecular weight excluding hydrogens is 500 g/mol. The van der Waals surface area contributed by atoms with Gasteiger partial charge >= 0.3 is 5.97 Å². The number of nitrogens with one attached hydrogen (secondary N) is 1. The minimum absolute atomic E-state index is 0. The van der Waals surface area contributed by atoms with E-state index in [-0.39, 0.29) is 29.7 Å². The van der Waals surface area contributed by atoms with Gasteiger partial charge in [-0.1, -0.05) is 36.1 Å². The SMILES string of the molecule is Cc1cc(C#CCN(Cc2ccc(C(=O)O)cc2)c2cccc(C(=N)N)c2)ccc1C(=O)N1CCCC1.Cl. The average molecular weight is 531 g/mol. The van der Waals surface area contributed by atoms with Crippen molar-refractivity contribution in [2.75, 3.05) is 24.5 Å². The molecule has 1 aliphatic heterocycles. The number of carbonyl (C=O) groups excluding carboxylic acids is 1. The number of nitrogens with zero attached hydrogens (tertiary/aromatic N) is 2. The number of benzene rings is 3. The van der Waals surface area contributed by atoms with Crippen molar-refractivity contribution < 1.29 is 14.7 Å². The van der Waals surface area contributed by atoms with Crippen LogP contribution in [0.15, 0.2) is 66.7 Å². The summed E-state index contributed by atoms with van der Waals surface area (Å²) in [4.78, 5) is 27.9. The first kappa shape index (κ1) is 28.3. The zero-order valence-corrected chi connectivity index (χ0v) is 22.1. The highest BCUT2D eigenvalue weighted by molar-refractivity contribution is 5.96. The first-order valence-corrected chi connectivity index (χ1v) is 12.2. The molecule has 1 aliphatic rings. The monoisotopic (exact) mass is 530 g/mol. The summed E-state index contributed by atoms with van der Waals surface area (Å²) in [5, 5.41) is 17.0. The number of nitrogens with two attached hydrogens (primary N) is 1. The molecule has 0 unspecified atom stereocenters. The Kier molecular flexibility index (Phi) is 9.53. The Balaban J connectivity index is 0.00000400. The molecule has 4 N–H and O–H groups in total. The van der Waals surface area contributed by atoms with Crippen molar-refractivity contribution in [2.24, 2.45) is 5.73 Å². The smallest absolute Gasteiger partial charge is 0.335 e. The first-order valence-electron chi connectivity index (χ1n) is 12.2. The Labute approximate surface area is 229 Å². The number of halogens is 1. The van der Waals surface area contributed by atoms with E-state index < -0.39 is 5.97 Å². The molecule has 0 aliphatic carbocycles. The molecule has 0 aromatic heterocycles. The van der Waals surface area contributed by atoms with Gasteiger partial charge in [0.15, 0.2) is 0 Å². The second-order valence-corrected chi connectivity index (χ2v) is 9.15. The van der Waals surface area contributed by atoms with E-state index in [9.17, 15) is 14.7 Å². The van der Waals surface area contributed by atoms with Gasteiger partial charge in [-0.05, 0) is 73.4 Å². The Morgan fingerprint density at radius 2 is 1.74 bits per heavy atom. The van der Waals surface area contributed by atoms with Crippen LogP contribution in [0, 0.1) is 24.2 Å². The van der Waals surface area contributed by atoms with Crippen LogP contribution in [0.3, 0.4) is 0 Å². The van der Waals surface area contributed by atoms with Crippen LogP contribution in [0.5, 0.6) is 0 Å². The van der Waals surface area contributed by atoms with Crippen LogP contribution in [0.2, 0.25) is 0 Å². The van der Waals surface area contributed by atoms with Crippen LogP contribution < -0.4 is 10.6 Å². The van der Waals surface area contributed by atoms with Gasteiger partial charge in [-0.25, -0.2) is 4.79 Å². The molecule has 3 aromatic rings. The fourth-order valence-electron chi connectivity index (χ4n) is 4.39. The third-order valence-electron chi connectivity index (χ3n) is 6.45. The van der Waals surface area contributed by atoms with Crippen LogP contribution in [-0.4, -0.2) is 47.4 Å². The summed E-state index contributed by atoms with van der Waals surface area (Å²) < 4.78 is 0. The summed E-state index contributed by atoms with van der Waals surface area (Å²) >= 11 is 0. The predicted octanol–water partition coefficient (Wildman–Crippen LogP) is 4.69. The number of likely N-dealkylation sites (tertiary alicyclic amines) is 1. The number of hydrogen-bond donors (Lipinski definition) is 3. The van der Waals surface area contributed by atoms with Gasteiger partial charge in [0.25, 0.3) is 5.91 Å². The molecule has 0 radical (unpaired) electrons. The molecule has 7 nitrogen and oxygen atoms in total. The molecule has 0 bridgehead atoms. The number of amidine groups is 1. The van der Waals surface area contributed by atoms with Gasteiger partial charge in [-0.3, -0.25) is 10.2 Å². The zero-order valence-electron chi connectivity index (χ0n) is 21.2. The van der Waals surface area contributed by atoms with Crippen molar-refractivity contribution in [1.82, 2.24) is 4.90 Å². The number of rotatable bonds is 7. The number of carboxylic acid groups (broad SMARTS) is 1. The lowest BCUT2D eigenvalue weighted by molar-refractivity contribution is 0.0696. The Morgan fingerprint density at radius 1 is 1.03 bits per heavy atom. The Morgan fingerprint density at radius 3 is 2.37 bits per heavy atom. The highest BCUT2D eigenvalue weighted by atomic mass is 35.5. The van der Waals surface area contributed by atoms with E-state index in [1.54, 1.807) is 30.3 Å². The standard InChI is InChI=1S/C30H30N4O3.ClH/c1-21-18-22(11-14-27(21)29(35)33-15-2-3-16-33)6-5-17-34(26-8-4-7-25(19-26)28(31)32)20-23-9-12-24(13-10-23)30(36)37;/h4,7-14,18-19H,2-3,15-17,20H2,1H3,(H3,31,32)(H,36,37);1H. The number of amides is 1. The van der Waals surface area contributed by atoms with E-state index >= 15 is 0 Å². The van der Waals surface area contributed by atoms with E-state index in [2.05, 4.69) is 11.8 Å². The van der Waals surface area contributed by atoms with Gasteiger partial charge in [0.2, 0.25) is 0 Å². The van der Waals surface area contributed by atoms with Crippen LogP contribution in [0.25, 0.3) is 0 Å². The third kappa shape index (κ3) is 6.93. The summed E-state index contributed by atoms with van der Waals surface area (Å²) in [7, 11) is 0. The van der Waals surface area contributed by atoms with E-state index in [1.165, 1.54) is 0 Å². The summed E-state index contributed by atoms with van der Waals surface area (Å²) in [6.45, 7) is 4.47. The lowest BCUT2D eigenvalue weighted by Crippen LogP contribution is -2.28. The summed E-state index contributed by atoms with van der Waals surface area (Å²) in [5.74, 6) is 5.54. The number of nitrogen functional groups attached to an aromatic ring is 1. The third-order valence-corrected chi connectivity index (χ3v) is 6.45. The van der Waals surface area contributed by atoms with E-state index in [0.29, 0.717) is 18.7 Å². The summed E-state index contributed by atoms with van der Waals surface area (Å²) in [6.07, 6.45) is 2.12. The minimum atomic E-state index is -0.966. The molecule has 3 aromatic carbocycles. The Hall–Kier alpha value is -4.28. The molecule has 0 spiro atoms. The zero-order chi connectivity index (χ0) is 26.4. The van der Waals surface area contributed by atoms with Crippen molar-refractivity contribution >= 4 is 35.8 Å². The van der Waals surface area contributed by atoms with Gasteiger partial charge in [-0.2, -0.15) is 0 Å². The van der Waals surface area contributed by atoms with E-state index in [1.807, 2.05) is 53.1 Å². The first-order chi connectivity index (χ1) is 17.8. The number of aryl methyl sites for hydroxylation is 1. The topological polar surface area (TPSA) is 111 Å². The average Bonchev–Trinajstić information content (AvgIpc) is 3.43. The molecule has 1 saturated heterocycles. The maximum absolute atomic E-state index is 12.8. The maximum atomic E-state index is 12.8. The predicted molar refractivity (Wildman–Crippen MR) is 152 cm³/mol. The highest BCUT2D eigenvalue weighted by Crippen LogP contribution is 2.20. The fourth-order valence-corrected chi connectivity index (χ4v) is 4.39. The largest absolute Gasteiger partial charge is 0.478 e. The van der Waals surface area contributed by atoms with Crippen LogP contribution >= 0.6 is 12.4 Å². The fraction of sp³-hybridized carbons (Fsp3) is 0.233. The van der Waals surface area contributed by atoms with Gasteiger partial charge in [0, 0.05) is 42.0 Å². The number of anilines is 1. The molecule has 4 rings (SSSR count). The van der Waals surface area contributed by atoms with Crippen LogP contribution in [0.4, 0.5) is 5.69 Å². The van der Waals surface area contributed by atoms with Crippen LogP contribution in [0.1, 0.15) is 55.8 Å². The van der Waals surface area contributed by atoms with Crippen molar-refractivity contribution in [3.63, 3.8) is 0 Å². The normalized spacial score (nSPS) is 12.2.